The molecule has 1 aliphatic rings. The highest BCUT2D eigenvalue weighted by atomic mass is 15.3. The quantitative estimate of drug-likeness (QED) is 0.853. The minimum atomic E-state index is 0.598. The third-order valence-electron chi connectivity index (χ3n) is 4.43. The van der Waals surface area contributed by atoms with Crippen LogP contribution in [0.4, 0.5) is 0 Å². The van der Waals surface area contributed by atoms with Crippen molar-refractivity contribution < 1.29 is 0 Å². The Morgan fingerprint density at radius 1 is 1.24 bits per heavy atom. The molecule has 1 aromatic heterocycles. The predicted octanol–water partition coefficient (Wildman–Crippen LogP) is 1.09. The molecule has 21 heavy (non-hydrogen) atoms. The van der Waals surface area contributed by atoms with Gasteiger partial charge in [0.25, 0.3) is 0 Å². The van der Waals surface area contributed by atoms with Crippen molar-refractivity contribution in [2.24, 2.45) is 18.7 Å². The third-order valence-corrected chi connectivity index (χ3v) is 4.43. The Bertz CT molecular complexity index is 428. The average Bonchev–Trinajstić information content (AvgIpc) is 2.69. The molecule has 2 N–H and O–H groups in total. The maximum Gasteiger partial charge on any atom is 0.0625 e. The summed E-state index contributed by atoms with van der Waals surface area (Å²) in [6, 6.07) is 2.25. The van der Waals surface area contributed by atoms with E-state index in [1.807, 2.05) is 4.68 Å². The number of hydrogen-bond donors (Lipinski definition) is 1. The minimum Gasteiger partial charge on any atom is -0.330 e. The van der Waals surface area contributed by atoms with E-state index in [0.29, 0.717) is 5.92 Å². The molecule has 0 spiro atoms. The molecule has 5 heteroatoms. The number of aryl methyl sites for hydroxylation is 2. The maximum absolute atomic E-state index is 5.74. The van der Waals surface area contributed by atoms with Crippen molar-refractivity contribution in [1.29, 1.82) is 0 Å². The Morgan fingerprint density at radius 3 is 2.62 bits per heavy atom. The summed E-state index contributed by atoms with van der Waals surface area (Å²) in [5, 5.41) is 4.55. The first-order valence-corrected chi connectivity index (χ1v) is 8.29. The van der Waals surface area contributed by atoms with Crippen molar-refractivity contribution >= 4 is 0 Å². The molecule has 1 atom stereocenters. The summed E-state index contributed by atoms with van der Waals surface area (Å²) in [6.45, 7) is 12.0. The molecule has 0 bridgehead atoms. The summed E-state index contributed by atoms with van der Waals surface area (Å²) in [4.78, 5) is 5.13. The topological polar surface area (TPSA) is 50.3 Å². The van der Waals surface area contributed by atoms with Crippen LogP contribution in [0.25, 0.3) is 0 Å². The van der Waals surface area contributed by atoms with Gasteiger partial charge in [0.1, 0.15) is 0 Å². The Labute approximate surface area is 129 Å². The highest BCUT2D eigenvalue weighted by Crippen LogP contribution is 2.11. The second-order valence-corrected chi connectivity index (χ2v) is 6.38. The molecule has 1 fully saturated rings. The van der Waals surface area contributed by atoms with Gasteiger partial charge < -0.3 is 10.6 Å². The number of nitrogens with two attached hydrogens (primary N) is 1. The van der Waals surface area contributed by atoms with Gasteiger partial charge in [0.15, 0.2) is 0 Å². The van der Waals surface area contributed by atoms with E-state index in [2.05, 4.69) is 41.9 Å². The van der Waals surface area contributed by atoms with Crippen LogP contribution in [-0.2, 0) is 20.0 Å². The largest absolute Gasteiger partial charge is 0.330 e. The van der Waals surface area contributed by atoms with Crippen LogP contribution >= 0.6 is 0 Å². The first-order chi connectivity index (χ1) is 10.1. The van der Waals surface area contributed by atoms with E-state index in [9.17, 15) is 0 Å². The van der Waals surface area contributed by atoms with Crippen molar-refractivity contribution in [2.75, 3.05) is 39.3 Å². The van der Waals surface area contributed by atoms with E-state index in [4.69, 9.17) is 5.73 Å². The number of aromatic nitrogens is 2. The lowest BCUT2D eigenvalue weighted by atomic mass is 10.1. The Balaban J connectivity index is 1.86. The minimum absolute atomic E-state index is 0.598. The summed E-state index contributed by atoms with van der Waals surface area (Å²) in [5.41, 5.74) is 8.27. The van der Waals surface area contributed by atoms with Crippen LogP contribution in [0.1, 0.15) is 31.7 Å². The van der Waals surface area contributed by atoms with E-state index >= 15 is 0 Å². The van der Waals surface area contributed by atoms with E-state index < -0.39 is 0 Å². The van der Waals surface area contributed by atoms with Crippen LogP contribution in [-0.4, -0.2) is 58.8 Å². The van der Waals surface area contributed by atoms with Crippen LogP contribution in [0.5, 0.6) is 0 Å². The van der Waals surface area contributed by atoms with Gasteiger partial charge in [0, 0.05) is 33.2 Å². The Hall–Kier alpha value is -0.910. The van der Waals surface area contributed by atoms with Gasteiger partial charge in [-0.3, -0.25) is 9.58 Å². The molecule has 1 unspecified atom stereocenters. The molecule has 0 saturated carbocycles. The predicted molar refractivity (Wildman–Crippen MR) is 87.1 cm³/mol. The Kier molecular flexibility index (Phi) is 6.21. The fraction of sp³-hybridized carbons (Fsp3) is 0.812. The zero-order chi connectivity index (χ0) is 15.2. The molecule has 5 nitrogen and oxygen atoms in total. The highest BCUT2D eigenvalue weighted by molar-refractivity contribution is 5.10. The Morgan fingerprint density at radius 2 is 1.95 bits per heavy atom. The first kappa shape index (κ1) is 16.5. The molecular weight excluding hydrogens is 262 g/mol. The van der Waals surface area contributed by atoms with Gasteiger partial charge in [-0.1, -0.05) is 13.8 Å². The number of hydrogen-bond acceptors (Lipinski definition) is 4. The summed E-state index contributed by atoms with van der Waals surface area (Å²) < 4.78 is 2.04. The van der Waals surface area contributed by atoms with E-state index in [1.54, 1.807) is 0 Å². The molecular formula is C16H31N5. The second-order valence-electron chi connectivity index (χ2n) is 6.38. The summed E-state index contributed by atoms with van der Waals surface area (Å²) in [5.74, 6) is 0.598. The standard InChI is InChI=1S/C16H31N5/c1-4-15-10-16(19(3)18-15)13-21-7-5-6-20(8-9-21)12-14(2)11-17/h10,14H,4-9,11-13,17H2,1-3H3. The second kappa shape index (κ2) is 7.92. The molecule has 0 amide bonds. The van der Waals surface area contributed by atoms with Gasteiger partial charge in [-0.05, 0) is 44.5 Å². The van der Waals surface area contributed by atoms with Gasteiger partial charge in [0.05, 0.1) is 11.4 Å². The van der Waals surface area contributed by atoms with Gasteiger partial charge in [0.2, 0.25) is 0 Å². The van der Waals surface area contributed by atoms with Crippen LogP contribution in [0.2, 0.25) is 0 Å². The smallest absolute Gasteiger partial charge is 0.0625 e. The lowest BCUT2D eigenvalue weighted by Gasteiger charge is -2.24. The van der Waals surface area contributed by atoms with Crippen molar-refractivity contribution in [1.82, 2.24) is 19.6 Å². The SMILES string of the molecule is CCc1cc(CN2CCCN(CC(C)CN)CC2)n(C)n1. The van der Waals surface area contributed by atoms with Crippen LogP contribution in [0.15, 0.2) is 6.07 Å². The van der Waals surface area contributed by atoms with E-state index in [-0.39, 0.29) is 0 Å². The third kappa shape index (κ3) is 4.80. The van der Waals surface area contributed by atoms with E-state index in [1.165, 1.54) is 30.9 Å². The molecule has 1 aliphatic heterocycles. The highest BCUT2D eigenvalue weighted by Gasteiger charge is 2.17. The van der Waals surface area contributed by atoms with Crippen LogP contribution in [0, 0.1) is 5.92 Å². The molecule has 1 saturated heterocycles. The first-order valence-electron chi connectivity index (χ1n) is 8.29. The lowest BCUT2D eigenvalue weighted by molar-refractivity contribution is 0.230. The normalized spacial score (nSPS) is 19.6. The summed E-state index contributed by atoms with van der Waals surface area (Å²) in [6.07, 6.45) is 2.26. The van der Waals surface area contributed by atoms with Gasteiger partial charge >= 0.3 is 0 Å². The zero-order valence-electron chi connectivity index (χ0n) is 13.9. The molecule has 0 aliphatic carbocycles. The van der Waals surface area contributed by atoms with Crippen molar-refractivity contribution in [3.05, 3.63) is 17.5 Å². The van der Waals surface area contributed by atoms with Gasteiger partial charge in [-0.2, -0.15) is 5.10 Å². The summed E-state index contributed by atoms with van der Waals surface area (Å²) in [7, 11) is 2.06. The molecule has 0 aromatic carbocycles. The fourth-order valence-corrected chi connectivity index (χ4v) is 3.00. The average molecular weight is 293 g/mol. The zero-order valence-corrected chi connectivity index (χ0v) is 13.9. The van der Waals surface area contributed by atoms with Gasteiger partial charge in [-0.15, -0.1) is 0 Å². The summed E-state index contributed by atoms with van der Waals surface area (Å²) >= 11 is 0. The van der Waals surface area contributed by atoms with Crippen molar-refractivity contribution in [3.8, 4) is 0 Å². The molecule has 0 radical (unpaired) electrons. The van der Waals surface area contributed by atoms with E-state index in [0.717, 1.165) is 39.1 Å². The van der Waals surface area contributed by atoms with Crippen molar-refractivity contribution in [2.45, 2.75) is 33.2 Å². The lowest BCUT2D eigenvalue weighted by Crippen LogP contribution is -2.35. The molecule has 2 rings (SSSR count). The molecule has 2 heterocycles. The molecule has 1 aromatic rings. The monoisotopic (exact) mass is 293 g/mol. The van der Waals surface area contributed by atoms with Crippen molar-refractivity contribution in [3.63, 3.8) is 0 Å². The molecule has 120 valence electrons. The maximum atomic E-state index is 5.74. The fourth-order valence-electron chi connectivity index (χ4n) is 3.00. The van der Waals surface area contributed by atoms with Gasteiger partial charge in [-0.25, -0.2) is 0 Å². The van der Waals surface area contributed by atoms with Crippen LogP contribution in [0.3, 0.4) is 0 Å². The van der Waals surface area contributed by atoms with Crippen LogP contribution < -0.4 is 5.73 Å². The number of nitrogens with zero attached hydrogens (tertiary/aromatic N) is 4. The number of rotatable bonds is 6.